The largest absolute Gasteiger partial charge is 0.488 e. The average Bonchev–Trinajstić information content (AvgIpc) is 2.93. The molecule has 0 aliphatic carbocycles. The van der Waals surface area contributed by atoms with E-state index < -0.39 is 7.12 Å². The van der Waals surface area contributed by atoms with Crippen molar-refractivity contribution in [3.63, 3.8) is 0 Å². The van der Waals surface area contributed by atoms with Gasteiger partial charge in [-0.05, 0) is 66.5 Å². The molecule has 0 saturated carbocycles. The second-order valence-electron chi connectivity index (χ2n) is 9.84. The lowest BCUT2D eigenvalue weighted by molar-refractivity contribution is 0.251. The summed E-state index contributed by atoms with van der Waals surface area (Å²) in [6.07, 6.45) is 12.5. The summed E-state index contributed by atoms with van der Waals surface area (Å²) in [4.78, 5) is 4.85. The van der Waals surface area contributed by atoms with Crippen LogP contribution in [0.2, 0.25) is 0 Å². The molecular weight excluding hydrogens is 470 g/mol. The minimum absolute atomic E-state index is 0.596. The van der Waals surface area contributed by atoms with E-state index in [9.17, 15) is 15.1 Å². The molecule has 203 valence electrons. The molecule has 0 aliphatic heterocycles. The minimum Gasteiger partial charge on any atom is -0.450 e. The normalized spacial score (nSPS) is 11.7. The molecule has 0 fully saturated rings. The van der Waals surface area contributed by atoms with Crippen molar-refractivity contribution in [3.8, 4) is 0 Å². The number of rotatable bonds is 20. The lowest BCUT2D eigenvalue weighted by atomic mass is 9.77. The van der Waals surface area contributed by atoms with Crippen LogP contribution in [0.25, 0.3) is 0 Å². The molecule has 2 aromatic carbocycles. The maximum atomic E-state index is 9.74. The van der Waals surface area contributed by atoms with Crippen molar-refractivity contribution < 1.29 is 15.1 Å². The Labute approximate surface area is 231 Å². The van der Waals surface area contributed by atoms with E-state index in [4.69, 9.17) is 0 Å². The number of unbranched alkanes of at least 4 members (excludes halogenated alkanes) is 4. The van der Waals surface area contributed by atoms with E-state index in [1.807, 2.05) is 48.6 Å². The van der Waals surface area contributed by atoms with Crippen LogP contribution in [-0.4, -0.2) is 65.7 Å². The summed E-state index contributed by atoms with van der Waals surface area (Å²) in [5, 5.41) is 29.1. The predicted molar refractivity (Wildman–Crippen MR) is 163 cm³/mol. The van der Waals surface area contributed by atoms with Gasteiger partial charge in [-0.2, -0.15) is 0 Å². The first kappa shape index (κ1) is 31.8. The number of benzene rings is 2. The van der Waals surface area contributed by atoms with Crippen LogP contribution < -0.4 is 10.9 Å². The van der Waals surface area contributed by atoms with Gasteiger partial charge in [0.1, 0.15) is 0 Å². The molecule has 2 rings (SSSR count). The van der Waals surface area contributed by atoms with E-state index in [0.29, 0.717) is 5.46 Å². The highest BCUT2D eigenvalue weighted by molar-refractivity contribution is 6.59. The van der Waals surface area contributed by atoms with Gasteiger partial charge in [0.05, 0.1) is 0 Å². The summed E-state index contributed by atoms with van der Waals surface area (Å²) in [6, 6.07) is 15.6. The number of hydrogen-bond acceptors (Lipinski definition) is 5. The third kappa shape index (κ3) is 11.5. The van der Waals surface area contributed by atoms with E-state index >= 15 is 0 Å². The van der Waals surface area contributed by atoms with Crippen LogP contribution in [0.4, 0.5) is 0 Å². The topological polar surface area (TPSA) is 67.2 Å². The quantitative estimate of drug-likeness (QED) is 0.143. The lowest BCUT2D eigenvalue weighted by Crippen LogP contribution is -2.36. The predicted octanol–water partition coefficient (Wildman–Crippen LogP) is 3.57. The van der Waals surface area contributed by atoms with E-state index in [2.05, 4.69) is 35.9 Å². The SMILES string of the molecule is C=C/C=C(\C=C)CN(CCCCCCN(CCCC)Cc1ccccc1B(O)O)Cc1ccccc1[B]O. The van der Waals surface area contributed by atoms with Gasteiger partial charge in [-0.25, -0.2) is 0 Å². The second kappa shape index (κ2) is 18.8. The first-order valence-corrected chi connectivity index (χ1v) is 13.9. The zero-order valence-corrected chi connectivity index (χ0v) is 23.1. The summed E-state index contributed by atoms with van der Waals surface area (Å²) >= 11 is 0. The van der Waals surface area contributed by atoms with Crippen molar-refractivity contribution in [3.05, 3.63) is 96.6 Å². The Hall–Kier alpha value is -2.41. The molecule has 0 aromatic heterocycles. The Morgan fingerprint density at radius 2 is 1.45 bits per heavy atom. The fourth-order valence-electron chi connectivity index (χ4n) is 4.70. The minimum atomic E-state index is -1.44. The van der Waals surface area contributed by atoms with Gasteiger partial charge in [0, 0.05) is 19.6 Å². The highest BCUT2D eigenvalue weighted by atomic mass is 16.4. The molecule has 3 N–H and O–H groups in total. The fraction of sp³-hybridized carbons (Fsp3) is 0.419. The molecule has 0 atom stereocenters. The molecule has 0 saturated heterocycles. The van der Waals surface area contributed by atoms with E-state index in [1.165, 1.54) is 7.48 Å². The molecule has 38 heavy (non-hydrogen) atoms. The van der Waals surface area contributed by atoms with Crippen LogP contribution >= 0.6 is 0 Å². The van der Waals surface area contributed by atoms with Crippen molar-refractivity contribution in [2.45, 2.75) is 58.5 Å². The lowest BCUT2D eigenvalue weighted by Gasteiger charge is -2.25. The van der Waals surface area contributed by atoms with Gasteiger partial charge >= 0.3 is 14.6 Å². The van der Waals surface area contributed by atoms with Crippen molar-refractivity contribution in [2.75, 3.05) is 26.2 Å². The smallest absolute Gasteiger partial charge is 0.450 e. The maximum Gasteiger partial charge on any atom is 0.488 e. The summed E-state index contributed by atoms with van der Waals surface area (Å²) in [6.45, 7) is 15.3. The number of hydrogen-bond donors (Lipinski definition) is 3. The number of allylic oxidation sites excluding steroid dienone is 2. The average molecular weight is 515 g/mol. The van der Waals surface area contributed by atoms with Gasteiger partial charge in [-0.1, -0.05) is 106 Å². The molecule has 5 nitrogen and oxygen atoms in total. The molecular formula is C31H45B2N2O3. The van der Waals surface area contributed by atoms with Gasteiger partial charge < -0.3 is 15.1 Å². The number of nitrogens with zero attached hydrogens (tertiary/aromatic N) is 2. The van der Waals surface area contributed by atoms with E-state index in [0.717, 1.165) is 100.0 Å². The van der Waals surface area contributed by atoms with Crippen molar-refractivity contribution >= 4 is 25.5 Å². The van der Waals surface area contributed by atoms with Gasteiger partial charge in [0.15, 0.2) is 0 Å². The fourth-order valence-corrected chi connectivity index (χ4v) is 4.70. The van der Waals surface area contributed by atoms with Crippen LogP contribution in [0.3, 0.4) is 0 Å². The first-order chi connectivity index (χ1) is 18.5. The van der Waals surface area contributed by atoms with E-state index in [-0.39, 0.29) is 0 Å². The van der Waals surface area contributed by atoms with E-state index in [1.54, 1.807) is 12.1 Å². The summed E-state index contributed by atoms with van der Waals surface area (Å²) in [5.41, 5.74) is 4.68. The van der Waals surface area contributed by atoms with Crippen molar-refractivity contribution in [2.24, 2.45) is 0 Å². The van der Waals surface area contributed by atoms with Gasteiger partial charge in [-0.3, -0.25) is 9.80 Å². The monoisotopic (exact) mass is 515 g/mol. The third-order valence-electron chi connectivity index (χ3n) is 6.84. The van der Waals surface area contributed by atoms with Gasteiger partial charge in [0.25, 0.3) is 0 Å². The Morgan fingerprint density at radius 1 is 0.842 bits per heavy atom. The van der Waals surface area contributed by atoms with Crippen LogP contribution in [-0.2, 0) is 13.1 Å². The van der Waals surface area contributed by atoms with Gasteiger partial charge in [-0.15, -0.1) is 0 Å². The van der Waals surface area contributed by atoms with Crippen LogP contribution in [0, 0.1) is 0 Å². The Morgan fingerprint density at radius 3 is 2.08 bits per heavy atom. The van der Waals surface area contributed by atoms with Crippen molar-refractivity contribution in [1.82, 2.24) is 9.80 Å². The standard InChI is InChI=1S/C31H45B2N2O3/c1-4-7-21-34(26-29-18-11-13-20-31(29)33(37)38)22-14-8-9-15-23-35(24-27(6-3)16-5-2)25-28-17-10-12-19-30(28)32-36/h5-6,10-13,16-20,36-38H,2-4,7-9,14-15,21-26H2,1H3/b27-16+. The highest BCUT2D eigenvalue weighted by Gasteiger charge is 2.17. The Balaban J connectivity index is 1.89. The molecule has 7 heteroatoms. The zero-order valence-electron chi connectivity index (χ0n) is 23.1. The molecule has 0 spiro atoms. The van der Waals surface area contributed by atoms with Gasteiger partial charge in [0.2, 0.25) is 0 Å². The molecule has 1 radical (unpaired) electrons. The third-order valence-corrected chi connectivity index (χ3v) is 6.84. The summed E-state index contributed by atoms with van der Waals surface area (Å²) in [7, 11) is -0.252. The molecule has 0 unspecified atom stereocenters. The summed E-state index contributed by atoms with van der Waals surface area (Å²) < 4.78 is 0. The molecule has 2 aromatic rings. The van der Waals surface area contributed by atoms with Crippen molar-refractivity contribution in [1.29, 1.82) is 0 Å². The van der Waals surface area contributed by atoms with Crippen LogP contribution in [0.15, 0.2) is 85.5 Å². The Kier molecular flexibility index (Phi) is 15.7. The highest BCUT2D eigenvalue weighted by Crippen LogP contribution is 2.12. The molecule has 0 amide bonds. The molecule has 0 bridgehead atoms. The zero-order chi connectivity index (χ0) is 27.6. The molecule has 0 aliphatic rings. The second-order valence-corrected chi connectivity index (χ2v) is 9.84. The van der Waals surface area contributed by atoms with Crippen LogP contribution in [0.5, 0.6) is 0 Å². The van der Waals surface area contributed by atoms with Crippen LogP contribution in [0.1, 0.15) is 56.6 Å². The Bertz CT molecular complexity index is 997. The molecule has 0 heterocycles. The first-order valence-electron chi connectivity index (χ1n) is 13.9. The summed E-state index contributed by atoms with van der Waals surface area (Å²) in [5.74, 6) is 0. The maximum absolute atomic E-state index is 9.74.